The number of aryl methyl sites for hydroxylation is 1. The van der Waals surface area contributed by atoms with Gasteiger partial charge in [-0.25, -0.2) is 9.78 Å². The van der Waals surface area contributed by atoms with Crippen molar-refractivity contribution in [3.63, 3.8) is 0 Å². The molecule has 0 radical (unpaired) electrons. The van der Waals surface area contributed by atoms with Crippen molar-refractivity contribution in [2.45, 2.75) is 6.54 Å². The first kappa shape index (κ1) is 16.8. The zero-order valence-electron chi connectivity index (χ0n) is 13.1. The SMILES string of the molecule is Cn1ncc2c(=O)n(CC(=O)NC(=O)Nc3ccc(Br)cc3)cnc21. The van der Waals surface area contributed by atoms with Crippen molar-refractivity contribution in [1.82, 2.24) is 24.6 Å². The van der Waals surface area contributed by atoms with Gasteiger partial charge in [-0.2, -0.15) is 5.10 Å². The van der Waals surface area contributed by atoms with Crippen LogP contribution in [0.4, 0.5) is 10.5 Å². The summed E-state index contributed by atoms with van der Waals surface area (Å²) >= 11 is 3.29. The van der Waals surface area contributed by atoms with Gasteiger partial charge in [-0.3, -0.25) is 24.2 Å². The molecular weight excluding hydrogens is 392 g/mol. The van der Waals surface area contributed by atoms with Gasteiger partial charge < -0.3 is 5.32 Å². The fourth-order valence-electron chi connectivity index (χ4n) is 2.20. The van der Waals surface area contributed by atoms with E-state index in [0.717, 1.165) is 9.04 Å². The Kier molecular flexibility index (Phi) is 4.61. The van der Waals surface area contributed by atoms with E-state index in [4.69, 9.17) is 0 Å². The molecule has 2 N–H and O–H groups in total. The number of nitrogens with zero attached hydrogens (tertiary/aromatic N) is 4. The van der Waals surface area contributed by atoms with E-state index in [1.165, 1.54) is 17.2 Å². The number of aromatic nitrogens is 4. The highest BCUT2D eigenvalue weighted by molar-refractivity contribution is 9.10. The van der Waals surface area contributed by atoms with Gasteiger partial charge >= 0.3 is 6.03 Å². The Morgan fingerprint density at radius 2 is 1.96 bits per heavy atom. The second-order valence-corrected chi connectivity index (χ2v) is 6.11. The maximum Gasteiger partial charge on any atom is 0.325 e. The molecule has 3 amide bonds. The van der Waals surface area contributed by atoms with Crippen LogP contribution >= 0.6 is 15.9 Å². The van der Waals surface area contributed by atoms with Gasteiger partial charge in [0.15, 0.2) is 5.65 Å². The normalized spacial score (nSPS) is 10.6. The lowest BCUT2D eigenvalue weighted by Gasteiger charge is -2.08. The van der Waals surface area contributed by atoms with Gasteiger partial charge in [0.05, 0.1) is 6.20 Å². The number of rotatable bonds is 3. The van der Waals surface area contributed by atoms with Gasteiger partial charge in [0, 0.05) is 17.2 Å². The molecule has 0 fully saturated rings. The summed E-state index contributed by atoms with van der Waals surface area (Å²) in [5, 5.41) is 8.94. The van der Waals surface area contributed by atoms with Crippen molar-refractivity contribution in [3.8, 4) is 0 Å². The Morgan fingerprint density at radius 3 is 2.68 bits per heavy atom. The standard InChI is InChI=1S/C15H13BrN6O3/c1-21-13-11(6-18-21)14(24)22(8-17-13)7-12(23)20-15(25)19-10-4-2-9(16)3-5-10/h2-6,8H,7H2,1H3,(H2,19,20,23,25). The zero-order chi connectivity index (χ0) is 18.0. The van der Waals surface area contributed by atoms with Gasteiger partial charge in [0.1, 0.15) is 18.3 Å². The van der Waals surface area contributed by atoms with Crippen molar-refractivity contribution in [2.24, 2.45) is 7.05 Å². The molecule has 2 heterocycles. The van der Waals surface area contributed by atoms with Crippen LogP contribution in [0.5, 0.6) is 0 Å². The number of anilines is 1. The van der Waals surface area contributed by atoms with Gasteiger partial charge in [-0.15, -0.1) is 0 Å². The number of carbonyl (C=O) groups is 2. The monoisotopic (exact) mass is 404 g/mol. The summed E-state index contributed by atoms with van der Waals surface area (Å²) in [4.78, 5) is 40.2. The van der Waals surface area contributed by atoms with E-state index in [-0.39, 0.29) is 6.54 Å². The fraction of sp³-hybridized carbons (Fsp3) is 0.133. The molecule has 0 aliphatic rings. The molecule has 0 aliphatic carbocycles. The molecular formula is C15H13BrN6O3. The van der Waals surface area contributed by atoms with Gasteiger partial charge in [-0.05, 0) is 24.3 Å². The average molecular weight is 405 g/mol. The molecule has 0 atom stereocenters. The highest BCUT2D eigenvalue weighted by Crippen LogP contribution is 2.13. The first-order chi connectivity index (χ1) is 11.9. The van der Waals surface area contributed by atoms with E-state index in [2.05, 4.69) is 36.6 Å². The predicted molar refractivity (Wildman–Crippen MR) is 94.1 cm³/mol. The van der Waals surface area contributed by atoms with Crippen LogP contribution in [0.3, 0.4) is 0 Å². The number of urea groups is 1. The van der Waals surface area contributed by atoms with Crippen LogP contribution in [-0.4, -0.2) is 31.3 Å². The first-order valence-corrected chi connectivity index (χ1v) is 7.97. The molecule has 0 unspecified atom stereocenters. The number of benzene rings is 1. The predicted octanol–water partition coefficient (Wildman–Crippen LogP) is 1.24. The van der Waals surface area contributed by atoms with Crippen molar-refractivity contribution >= 4 is 44.6 Å². The first-order valence-electron chi connectivity index (χ1n) is 7.17. The number of nitrogens with one attached hydrogen (secondary N) is 2. The molecule has 0 saturated heterocycles. The minimum atomic E-state index is -0.684. The quantitative estimate of drug-likeness (QED) is 0.681. The van der Waals surface area contributed by atoms with Gasteiger partial charge in [0.2, 0.25) is 5.91 Å². The number of fused-ring (bicyclic) bond motifs is 1. The summed E-state index contributed by atoms with van der Waals surface area (Å²) < 4.78 is 3.45. The molecule has 10 heteroatoms. The molecule has 0 aliphatic heterocycles. The Morgan fingerprint density at radius 1 is 1.24 bits per heavy atom. The zero-order valence-corrected chi connectivity index (χ0v) is 14.6. The maximum absolute atomic E-state index is 12.3. The van der Waals surface area contributed by atoms with Gasteiger partial charge in [-0.1, -0.05) is 15.9 Å². The van der Waals surface area contributed by atoms with E-state index in [9.17, 15) is 14.4 Å². The van der Waals surface area contributed by atoms with Crippen LogP contribution in [0.15, 0.2) is 46.1 Å². The van der Waals surface area contributed by atoms with Crippen molar-refractivity contribution in [2.75, 3.05) is 5.32 Å². The number of hydrogen-bond acceptors (Lipinski definition) is 5. The van der Waals surface area contributed by atoms with Crippen LogP contribution in [0.25, 0.3) is 11.0 Å². The van der Waals surface area contributed by atoms with Crippen LogP contribution < -0.4 is 16.2 Å². The Labute approximate surface area is 149 Å². The summed E-state index contributed by atoms with van der Waals surface area (Å²) in [6, 6.07) is 6.19. The van der Waals surface area contributed by atoms with E-state index >= 15 is 0 Å². The third kappa shape index (κ3) is 3.74. The molecule has 0 saturated carbocycles. The summed E-state index contributed by atoms with van der Waals surface area (Å²) in [7, 11) is 1.66. The maximum atomic E-state index is 12.3. The molecule has 0 spiro atoms. The topological polar surface area (TPSA) is 111 Å². The van der Waals surface area contributed by atoms with Crippen molar-refractivity contribution in [3.05, 3.63) is 51.6 Å². The molecule has 25 heavy (non-hydrogen) atoms. The number of hydrogen-bond donors (Lipinski definition) is 2. The van der Waals surface area contributed by atoms with E-state index in [1.54, 1.807) is 31.3 Å². The third-order valence-electron chi connectivity index (χ3n) is 3.39. The lowest BCUT2D eigenvalue weighted by atomic mass is 10.3. The largest absolute Gasteiger partial charge is 0.325 e. The molecule has 128 valence electrons. The Bertz CT molecular complexity index is 1010. The summed E-state index contributed by atoms with van der Waals surface area (Å²) in [5.74, 6) is -0.637. The van der Waals surface area contributed by atoms with Crippen LogP contribution in [0, 0.1) is 0 Å². The van der Waals surface area contributed by atoms with E-state index in [1.807, 2.05) is 0 Å². The molecule has 0 bridgehead atoms. The molecule has 9 nitrogen and oxygen atoms in total. The van der Waals surface area contributed by atoms with Crippen molar-refractivity contribution in [1.29, 1.82) is 0 Å². The van der Waals surface area contributed by atoms with Crippen molar-refractivity contribution < 1.29 is 9.59 Å². The van der Waals surface area contributed by atoms with E-state index in [0.29, 0.717) is 16.7 Å². The number of amides is 3. The summed E-state index contributed by atoms with van der Waals surface area (Å²) in [6.07, 6.45) is 2.64. The molecule has 2 aromatic heterocycles. The second-order valence-electron chi connectivity index (χ2n) is 5.19. The Balaban J connectivity index is 1.66. The summed E-state index contributed by atoms with van der Waals surface area (Å²) in [5.41, 5.74) is 0.556. The lowest BCUT2D eigenvalue weighted by molar-refractivity contribution is -0.120. The van der Waals surface area contributed by atoms with E-state index < -0.39 is 17.5 Å². The lowest BCUT2D eigenvalue weighted by Crippen LogP contribution is -2.38. The molecule has 3 rings (SSSR count). The fourth-order valence-corrected chi connectivity index (χ4v) is 2.46. The third-order valence-corrected chi connectivity index (χ3v) is 3.92. The number of halogens is 1. The number of carbonyl (C=O) groups excluding carboxylic acids is 2. The molecule has 3 aromatic rings. The minimum Gasteiger partial charge on any atom is -0.308 e. The van der Waals surface area contributed by atoms with Crippen LogP contribution in [0.2, 0.25) is 0 Å². The Hall–Kier alpha value is -3.01. The van der Waals surface area contributed by atoms with Gasteiger partial charge in [0.25, 0.3) is 5.56 Å². The highest BCUT2D eigenvalue weighted by atomic mass is 79.9. The highest BCUT2D eigenvalue weighted by Gasteiger charge is 2.13. The summed E-state index contributed by atoms with van der Waals surface area (Å²) in [6.45, 7) is -0.329. The minimum absolute atomic E-state index is 0.303. The smallest absolute Gasteiger partial charge is 0.308 e. The number of imide groups is 1. The van der Waals surface area contributed by atoms with Crippen LogP contribution in [-0.2, 0) is 18.4 Å². The molecule has 1 aromatic carbocycles. The second kappa shape index (κ2) is 6.85. The van der Waals surface area contributed by atoms with Crippen LogP contribution in [0.1, 0.15) is 0 Å². The average Bonchev–Trinajstić information content (AvgIpc) is 2.94.